The molecule has 1 atom stereocenters. The van der Waals surface area contributed by atoms with Crippen molar-refractivity contribution in [1.82, 2.24) is 15.1 Å². The highest BCUT2D eigenvalue weighted by Gasteiger charge is 2.21. The standard InChI is InChI=1S/C14H23N3O4/c1-8(2)6-11(14(19)20)15-12(18)7-21-13-9(3)16-17(5)10(13)4/h8,11H,6-7H2,1-5H3,(H,15,18)(H,19,20). The molecule has 0 radical (unpaired) electrons. The van der Waals surface area contributed by atoms with E-state index in [1.54, 1.807) is 18.7 Å². The number of amides is 1. The Hall–Kier alpha value is -2.05. The lowest BCUT2D eigenvalue weighted by Gasteiger charge is -2.16. The van der Waals surface area contributed by atoms with Crippen LogP contribution in [0.25, 0.3) is 0 Å². The molecule has 118 valence electrons. The third-order valence-corrected chi connectivity index (χ3v) is 3.13. The van der Waals surface area contributed by atoms with E-state index in [-0.39, 0.29) is 12.5 Å². The summed E-state index contributed by atoms with van der Waals surface area (Å²) in [4.78, 5) is 22.9. The minimum Gasteiger partial charge on any atom is -0.480 e. The molecule has 1 heterocycles. The van der Waals surface area contributed by atoms with Crippen LogP contribution in [0.1, 0.15) is 31.7 Å². The number of aliphatic carboxylic acids is 1. The maximum Gasteiger partial charge on any atom is 0.326 e. The number of rotatable bonds is 7. The van der Waals surface area contributed by atoms with E-state index in [0.29, 0.717) is 17.9 Å². The van der Waals surface area contributed by atoms with Crippen molar-refractivity contribution in [3.8, 4) is 5.75 Å². The Morgan fingerprint density at radius 2 is 2.00 bits per heavy atom. The number of aryl methyl sites for hydroxylation is 2. The summed E-state index contributed by atoms with van der Waals surface area (Å²) in [5, 5.41) is 15.7. The number of hydrogen-bond acceptors (Lipinski definition) is 4. The third-order valence-electron chi connectivity index (χ3n) is 3.13. The lowest BCUT2D eigenvalue weighted by atomic mass is 10.0. The first-order valence-electron chi connectivity index (χ1n) is 6.87. The van der Waals surface area contributed by atoms with Crippen molar-refractivity contribution < 1.29 is 19.4 Å². The van der Waals surface area contributed by atoms with E-state index in [4.69, 9.17) is 9.84 Å². The van der Waals surface area contributed by atoms with Crippen LogP contribution in [0.2, 0.25) is 0 Å². The molecule has 2 N–H and O–H groups in total. The molecule has 7 heteroatoms. The van der Waals surface area contributed by atoms with Crippen LogP contribution in [0, 0.1) is 19.8 Å². The monoisotopic (exact) mass is 297 g/mol. The van der Waals surface area contributed by atoms with Gasteiger partial charge in [0.15, 0.2) is 12.4 Å². The predicted octanol–water partition coefficient (Wildman–Crippen LogP) is 1.03. The number of carbonyl (C=O) groups is 2. The minimum absolute atomic E-state index is 0.176. The van der Waals surface area contributed by atoms with E-state index >= 15 is 0 Å². The number of nitrogens with zero attached hydrogens (tertiary/aromatic N) is 2. The van der Waals surface area contributed by atoms with Crippen molar-refractivity contribution in [1.29, 1.82) is 0 Å². The second-order valence-electron chi connectivity index (χ2n) is 5.50. The zero-order chi connectivity index (χ0) is 16.2. The molecule has 21 heavy (non-hydrogen) atoms. The number of carbonyl (C=O) groups excluding carboxylic acids is 1. The van der Waals surface area contributed by atoms with Crippen LogP contribution < -0.4 is 10.1 Å². The summed E-state index contributed by atoms with van der Waals surface area (Å²) >= 11 is 0. The van der Waals surface area contributed by atoms with Crippen molar-refractivity contribution in [3.63, 3.8) is 0 Å². The van der Waals surface area contributed by atoms with Crippen LogP contribution in [-0.2, 0) is 16.6 Å². The van der Waals surface area contributed by atoms with E-state index in [1.807, 2.05) is 20.8 Å². The summed E-state index contributed by atoms with van der Waals surface area (Å²) in [5.41, 5.74) is 1.51. The Kier molecular flexibility index (Phi) is 5.75. The van der Waals surface area contributed by atoms with Gasteiger partial charge < -0.3 is 15.2 Å². The highest BCUT2D eigenvalue weighted by molar-refractivity contribution is 5.84. The van der Waals surface area contributed by atoms with Gasteiger partial charge >= 0.3 is 5.97 Å². The number of ether oxygens (including phenoxy) is 1. The van der Waals surface area contributed by atoms with Gasteiger partial charge in [-0.05, 0) is 26.2 Å². The summed E-state index contributed by atoms with van der Waals surface area (Å²) < 4.78 is 7.12. The Morgan fingerprint density at radius 3 is 2.43 bits per heavy atom. The molecule has 0 spiro atoms. The summed E-state index contributed by atoms with van der Waals surface area (Å²) in [7, 11) is 1.79. The van der Waals surface area contributed by atoms with Crippen LogP contribution in [0.5, 0.6) is 5.75 Å². The first-order valence-corrected chi connectivity index (χ1v) is 6.87. The van der Waals surface area contributed by atoms with Crippen LogP contribution in [0.4, 0.5) is 0 Å². The van der Waals surface area contributed by atoms with Gasteiger partial charge in [-0.1, -0.05) is 13.8 Å². The molecule has 0 aliphatic carbocycles. The zero-order valence-electron chi connectivity index (χ0n) is 13.1. The average Bonchev–Trinajstić information content (AvgIpc) is 2.60. The number of nitrogens with one attached hydrogen (secondary N) is 1. The molecule has 0 aliphatic rings. The molecule has 7 nitrogen and oxygen atoms in total. The molecule has 1 amide bonds. The van der Waals surface area contributed by atoms with E-state index in [2.05, 4.69) is 10.4 Å². The first kappa shape index (κ1) is 17.0. The number of aromatic nitrogens is 2. The number of hydrogen-bond donors (Lipinski definition) is 2. The van der Waals surface area contributed by atoms with E-state index in [0.717, 1.165) is 5.69 Å². The van der Waals surface area contributed by atoms with E-state index in [1.165, 1.54) is 0 Å². The van der Waals surface area contributed by atoms with Gasteiger partial charge in [-0.3, -0.25) is 9.48 Å². The maximum atomic E-state index is 11.8. The van der Waals surface area contributed by atoms with E-state index < -0.39 is 17.9 Å². The molecule has 0 aromatic carbocycles. The second-order valence-corrected chi connectivity index (χ2v) is 5.50. The highest BCUT2D eigenvalue weighted by atomic mass is 16.5. The van der Waals surface area contributed by atoms with Gasteiger partial charge in [0.05, 0.1) is 5.69 Å². The summed E-state index contributed by atoms with van der Waals surface area (Å²) in [6, 6.07) is -0.891. The smallest absolute Gasteiger partial charge is 0.326 e. The Bertz CT molecular complexity index is 523. The molecule has 1 rings (SSSR count). The van der Waals surface area contributed by atoms with Gasteiger partial charge in [0.2, 0.25) is 0 Å². The molecule has 0 saturated carbocycles. The average molecular weight is 297 g/mol. The van der Waals surface area contributed by atoms with Gasteiger partial charge in [0, 0.05) is 7.05 Å². The molecule has 1 unspecified atom stereocenters. The van der Waals surface area contributed by atoms with Gasteiger partial charge in [-0.2, -0.15) is 5.10 Å². The first-order chi connectivity index (χ1) is 9.72. The SMILES string of the molecule is Cc1nn(C)c(C)c1OCC(=O)NC(CC(C)C)C(=O)O. The van der Waals surface area contributed by atoms with Gasteiger partial charge in [0.25, 0.3) is 5.91 Å². The molecule has 1 aromatic rings. The zero-order valence-corrected chi connectivity index (χ0v) is 13.1. The minimum atomic E-state index is -1.04. The van der Waals surface area contributed by atoms with Gasteiger partial charge in [-0.15, -0.1) is 0 Å². The molecular formula is C14H23N3O4. The van der Waals surface area contributed by atoms with Crippen LogP contribution in [0.15, 0.2) is 0 Å². The molecule has 0 saturated heterocycles. The lowest BCUT2D eigenvalue weighted by molar-refractivity contribution is -0.142. The third kappa shape index (κ3) is 4.77. The number of carboxylic acids is 1. The Morgan fingerprint density at radius 1 is 1.38 bits per heavy atom. The molecular weight excluding hydrogens is 274 g/mol. The van der Waals surface area contributed by atoms with Crippen molar-refractivity contribution in [2.24, 2.45) is 13.0 Å². The van der Waals surface area contributed by atoms with Crippen molar-refractivity contribution in [3.05, 3.63) is 11.4 Å². The van der Waals surface area contributed by atoms with E-state index in [9.17, 15) is 9.59 Å². The molecule has 1 aromatic heterocycles. The summed E-state index contributed by atoms with van der Waals surface area (Å²) in [6.07, 6.45) is 0.381. The second kappa shape index (κ2) is 7.10. The maximum absolute atomic E-state index is 11.8. The summed E-state index contributed by atoms with van der Waals surface area (Å²) in [5.74, 6) is -0.755. The van der Waals surface area contributed by atoms with Crippen molar-refractivity contribution >= 4 is 11.9 Å². The normalized spacial score (nSPS) is 12.3. The molecule has 0 fully saturated rings. The fourth-order valence-electron chi connectivity index (χ4n) is 2.03. The van der Waals surface area contributed by atoms with Crippen molar-refractivity contribution in [2.75, 3.05) is 6.61 Å². The lowest BCUT2D eigenvalue weighted by Crippen LogP contribution is -2.43. The molecule has 0 aliphatic heterocycles. The van der Waals surface area contributed by atoms with Crippen LogP contribution in [-0.4, -0.2) is 39.4 Å². The Labute approximate surface area is 124 Å². The number of carboxylic acid groups (broad SMARTS) is 1. The topological polar surface area (TPSA) is 93.5 Å². The van der Waals surface area contributed by atoms with Crippen LogP contribution >= 0.6 is 0 Å². The fourth-order valence-corrected chi connectivity index (χ4v) is 2.03. The quantitative estimate of drug-likeness (QED) is 0.784. The highest BCUT2D eigenvalue weighted by Crippen LogP contribution is 2.21. The Balaban J connectivity index is 2.59. The van der Waals surface area contributed by atoms with Crippen LogP contribution in [0.3, 0.4) is 0 Å². The van der Waals surface area contributed by atoms with Gasteiger partial charge in [0.1, 0.15) is 11.7 Å². The predicted molar refractivity (Wildman–Crippen MR) is 77.2 cm³/mol. The molecule has 0 bridgehead atoms. The van der Waals surface area contributed by atoms with Crippen molar-refractivity contribution in [2.45, 2.75) is 40.2 Å². The summed E-state index contributed by atoms with van der Waals surface area (Å²) in [6.45, 7) is 7.21. The largest absolute Gasteiger partial charge is 0.480 e. The fraction of sp³-hybridized carbons (Fsp3) is 0.643. The van der Waals surface area contributed by atoms with Gasteiger partial charge in [-0.25, -0.2) is 4.79 Å².